The largest absolute Gasteiger partial charge is 0.377 e. The van der Waals surface area contributed by atoms with Crippen LogP contribution in [0.2, 0.25) is 0 Å². The molecule has 0 saturated heterocycles. The molecule has 3 aromatic rings. The van der Waals surface area contributed by atoms with Gasteiger partial charge >= 0.3 is 10.3 Å². The van der Waals surface area contributed by atoms with Crippen molar-refractivity contribution in [1.29, 1.82) is 0 Å². The van der Waals surface area contributed by atoms with Crippen LogP contribution in [0.3, 0.4) is 0 Å². The zero-order valence-electron chi connectivity index (χ0n) is 32.8. The summed E-state index contributed by atoms with van der Waals surface area (Å²) in [5, 5.41) is 12.7. The molecule has 3 amide bonds. The van der Waals surface area contributed by atoms with Crippen LogP contribution in [0.15, 0.2) is 55.0 Å². The molecular weight excluding hydrogens is 767 g/mol. The van der Waals surface area contributed by atoms with E-state index in [2.05, 4.69) is 49.4 Å². The van der Waals surface area contributed by atoms with Gasteiger partial charge in [0.2, 0.25) is 5.91 Å². The molecule has 2 fully saturated rings. The van der Waals surface area contributed by atoms with Gasteiger partial charge < -0.3 is 29.4 Å². The molecule has 3 aliphatic carbocycles. The van der Waals surface area contributed by atoms with Crippen molar-refractivity contribution in [2.24, 2.45) is 22.9 Å². The Morgan fingerprint density at radius 2 is 1.64 bits per heavy atom. The van der Waals surface area contributed by atoms with Gasteiger partial charge in [0.1, 0.15) is 17.8 Å². The van der Waals surface area contributed by atoms with Gasteiger partial charge in [-0.25, -0.2) is 15.1 Å². The topological polar surface area (TPSA) is 206 Å². The van der Waals surface area contributed by atoms with Crippen LogP contribution >= 0.6 is 0 Å². The average Bonchev–Trinajstić information content (AvgIpc) is 4.01. The van der Waals surface area contributed by atoms with Gasteiger partial charge in [0.05, 0.1) is 57.2 Å². The maximum atomic E-state index is 12.4. The highest BCUT2D eigenvalue weighted by Gasteiger charge is 2.38. The molecule has 3 heterocycles. The molecular formula is C41H55N7O9S. The molecule has 2 aromatic heterocycles. The molecule has 0 bridgehead atoms. The first-order valence-electron chi connectivity index (χ1n) is 20.5. The SMILES string of the molecule is NS(=O)(=O)OC[C@@H]1C[C@@H](n2ccc3c(N[C@H]4CCc5ccccc54)ncnc32)C[C@@H]1OCCOCCOCCNC(=O)CC[C@H]1CC[C@H](CN2C(=O)C=CC2=O)CC1. The maximum absolute atomic E-state index is 12.4. The Kier molecular flexibility index (Phi) is 14.2. The summed E-state index contributed by atoms with van der Waals surface area (Å²) < 4.78 is 48.1. The number of aromatic nitrogens is 3. The third kappa shape index (κ3) is 11.1. The fourth-order valence-electron chi connectivity index (χ4n) is 8.94. The number of ether oxygens (including phenoxy) is 3. The Hall–Kier alpha value is -4.26. The minimum absolute atomic E-state index is 0.00572. The molecule has 1 aliphatic heterocycles. The highest BCUT2D eigenvalue weighted by atomic mass is 32.2. The van der Waals surface area contributed by atoms with E-state index in [-0.39, 0.29) is 48.4 Å². The lowest BCUT2D eigenvalue weighted by Gasteiger charge is -2.30. The van der Waals surface area contributed by atoms with E-state index < -0.39 is 10.3 Å². The van der Waals surface area contributed by atoms with Crippen molar-refractivity contribution < 1.29 is 41.2 Å². The van der Waals surface area contributed by atoms with Crippen molar-refractivity contribution in [3.05, 3.63) is 66.1 Å². The van der Waals surface area contributed by atoms with Crippen LogP contribution in [-0.4, -0.2) is 104 Å². The van der Waals surface area contributed by atoms with Crippen LogP contribution in [-0.2, 0) is 49.5 Å². The van der Waals surface area contributed by atoms with Crippen molar-refractivity contribution in [2.45, 2.75) is 82.4 Å². The number of aryl methyl sites for hydroxylation is 1. The van der Waals surface area contributed by atoms with Crippen molar-refractivity contribution in [3.8, 4) is 0 Å². The van der Waals surface area contributed by atoms with Crippen LogP contribution in [0.5, 0.6) is 0 Å². The molecule has 0 radical (unpaired) electrons. The number of hydrogen-bond acceptors (Lipinski definition) is 12. The van der Waals surface area contributed by atoms with Gasteiger partial charge in [-0.15, -0.1) is 0 Å². The molecule has 58 heavy (non-hydrogen) atoms. The second kappa shape index (κ2) is 19.7. The van der Waals surface area contributed by atoms with Gasteiger partial charge in [-0.3, -0.25) is 23.5 Å². The van der Waals surface area contributed by atoms with Crippen LogP contribution < -0.4 is 15.8 Å². The highest BCUT2D eigenvalue weighted by Crippen LogP contribution is 2.40. The summed E-state index contributed by atoms with van der Waals surface area (Å²) in [6, 6.07) is 10.7. The van der Waals surface area contributed by atoms with Gasteiger partial charge in [-0.2, -0.15) is 8.42 Å². The minimum Gasteiger partial charge on any atom is -0.377 e. The van der Waals surface area contributed by atoms with Crippen molar-refractivity contribution in [2.75, 3.05) is 58.0 Å². The first kappa shape index (κ1) is 41.9. The molecule has 0 spiro atoms. The summed E-state index contributed by atoms with van der Waals surface area (Å²) in [5.74, 6) is 0.935. The number of carbonyl (C=O) groups is 3. The molecule has 4 N–H and O–H groups in total. The number of nitrogens with zero attached hydrogens (tertiary/aromatic N) is 4. The van der Waals surface area contributed by atoms with E-state index in [4.69, 9.17) is 23.5 Å². The zero-order valence-corrected chi connectivity index (χ0v) is 33.7. The van der Waals surface area contributed by atoms with E-state index in [0.717, 1.165) is 61.8 Å². The lowest BCUT2D eigenvalue weighted by atomic mass is 9.80. The van der Waals surface area contributed by atoms with Gasteiger partial charge in [-0.05, 0) is 74.0 Å². The number of nitrogens with one attached hydrogen (secondary N) is 2. The molecule has 17 heteroatoms. The number of benzene rings is 1. The van der Waals surface area contributed by atoms with E-state index >= 15 is 0 Å². The summed E-state index contributed by atoms with van der Waals surface area (Å²) >= 11 is 0. The van der Waals surface area contributed by atoms with Gasteiger partial charge in [0, 0.05) is 49.8 Å². The number of anilines is 1. The van der Waals surface area contributed by atoms with E-state index in [0.29, 0.717) is 77.2 Å². The maximum Gasteiger partial charge on any atom is 0.333 e. The zero-order chi connectivity index (χ0) is 40.5. The molecule has 2 saturated carbocycles. The summed E-state index contributed by atoms with van der Waals surface area (Å²) in [6.45, 7) is 2.56. The van der Waals surface area contributed by atoms with Gasteiger partial charge in [-0.1, -0.05) is 37.1 Å². The molecule has 4 aliphatic rings. The fourth-order valence-corrected chi connectivity index (χ4v) is 9.30. The Labute approximate surface area is 339 Å². The summed E-state index contributed by atoms with van der Waals surface area (Å²) in [6.07, 6.45) is 14.4. The third-order valence-corrected chi connectivity index (χ3v) is 12.4. The Morgan fingerprint density at radius 3 is 2.43 bits per heavy atom. The molecule has 0 unspecified atom stereocenters. The molecule has 314 valence electrons. The van der Waals surface area contributed by atoms with Crippen molar-refractivity contribution in [3.63, 3.8) is 0 Å². The summed E-state index contributed by atoms with van der Waals surface area (Å²) in [7, 11) is -4.11. The van der Waals surface area contributed by atoms with Crippen LogP contribution in [0.4, 0.5) is 5.82 Å². The average molecular weight is 822 g/mol. The highest BCUT2D eigenvalue weighted by molar-refractivity contribution is 7.84. The summed E-state index contributed by atoms with van der Waals surface area (Å²) in [5.41, 5.74) is 3.45. The number of amides is 3. The number of hydrogen-bond donors (Lipinski definition) is 3. The molecule has 16 nitrogen and oxygen atoms in total. The Balaban J connectivity index is 0.775. The summed E-state index contributed by atoms with van der Waals surface area (Å²) in [4.78, 5) is 46.6. The van der Waals surface area contributed by atoms with Crippen LogP contribution in [0.25, 0.3) is 11.0 Å². The normalized spacial score (nSPS) is 24.5. The predicted octanol–water partition coefficient (Wildman–Crippen LogP) is 3.75. The monoisotopic (exact) mass is 821 g/mol. The van der Waals surface area contributed by atoms with E-state index in [9.17, 15) is 22.8 Å². The van der Waals surface area contributed by atoms with Crippen molar-refractivity contribution >= 4 is 44.9 Å². The predicted molar refractivity (Wildman–Crippen MR) is 214 cm³/mol. The van der Waals surface area contributed by atoms with Crippen LogP contribution in [0, 0.1) is 17.8 Å². The molecule has 7 rings (SSSR count). The first-order valence-corrected chi connectivity index (χ1v) is 22.0. The second-order valence-corrected chi connectivity index (χ2v) is 17.0. The van der Waals surface area contributed by atoms with E-state index in [1.54, 1.807) is 6.33 Å². The minimum atomic E-state index is -4.11. The third-order valence-electron chi connectivity index (χ3n) is 12.0. The number of fused-ring (bicyclic) bond motifs is 2. The van der Waals surface area contributed by atoms with Gasteiger partial charge in [0.25, 0.3) is 11.8 Å². The number of nitrogens with two attached hydrogens (primary N) is 1. The Bertz CT molecular complexity index is 2020. The van der Waals surface area contributed by atoms with Crippen LogP contribution in [0.1, 0.15) is 81.0 Å². The number of carbonyl (C=O) groups excluding carboxylic acids is 3. The lowest BCUT2D eigenvalue weighted by Crippen LogP contribution is -2.36. The number of rotatable bonds is 21. The molecule has 4 atom stereocenters. The first-order chi connectivity index (χ1) is 28.1. The van der Waals surface area contributed by atoms with E-state index in [1.165, 1.54) is 28.2 Å². The Morgan fingerprint density at radius 1 is 0.897 bits per heavy atom. The standard InChI is InChI=1S/C41H55N7O9S/c42-58(52,53)57-26-31-23-32(47-17-15-34-40(44-27-45-41(34)47)46-35-11-10-30-3-1-2-4-33(30)35)24-36(31)56-22-21-55-20-19-54-18-16-43-37(49)12-9-28-5-7-29(8-6-28)25-48-38(50)13-14-39(48)51/h1-4,13-15,17,27-29,31-32,35-36H,5-12,16,18-26H2,(H,43,49)(H2,42,52,53)(H,44,45,46)/t28-,29-,31-,32+,35-,36-/m0/s1. The lowest BCUT2D eigenvalue weighted by molar-refractivity contribution is -0.137. The van der Waals surface area contributed by atoms with E-state index in [1.807, 2.05) is 12.3 Å². The quantitative estimate of drug-likeness (QED) is 0.104. The fraction of sp³-hybridized carbons (Fsp3) is 0.585. The molecule has 1 aromatic carbocycles. The van der Waals surface area contributed by atoms with Crippen molar-refractivity contribution in [1.82, 2.24) is 24.8 Å². The number of imide groups is 1. The van der Waals surface area contributed by atoms with Gasteiger partial charge in [0.15, 0.2) is 0 Å². The smallest absolute Gasteiger partial charge is 0.333 e. The second-order valence-electron chi connectivity index (χ2n) is 15.8.